The van der Waals surface area contributed by atoms with Crippen LogP contribution in [0.3, 0.4) is 0 Å². The fourth-order valence-electron chi connectivity index (χ4n) is 1.52. The number of nitrogen functional groups attached to an aromatic ring is 1. The molecule has 0 bridgehead atoms. The van der Waals surface area contributed by atoms with Gasteiger partial charge in [-0.1, -0.05) is 17.7 Å². The van der Waals surface area contributed by atoms with Crippen molar-refractivity contribution in [3.05, 3.63) is 41.7 Å². The van der Waals surface area contributed by atoms with Crippen molar-refractivity contribution in [1.29, 1.82) is 0 Å². The summed E-state index contributed by atoms with van der Waals surface area (Å²) in [6.07, 6.45) is 1.62. The molecular formula is C12H13NO. The standard InChI is InChI=1S/C12H13NO/c1-8-3-4-9(2)10(7-8)12-11(13)5-6-14-12/h3-7H,13H2,1-2H3. The zero-order valence-electron chi connectivity index (χ0n) is 8.37. The van der Waals surface area contributed by atoms with Gasteiger partial charge in [0.1, 0.15) is 0 Å². The van der Waals surface area contributed by atoms with E-state index in [1.807, 2.05) is 0 Å². The maximum absolute atomic E-state index is 5.80. The van der Waals surface area contributed by atoms with E-state index in [2.05, 4.69) is 32.0 Å². The summed E-state index contributed by atoms with van der Waals surface area (Å²) in [5, 5.41) is 0. The number of furan rings is 1. The van der Waals surface area contributed by atoms with Gasteiger partial charge in [0.05, 0.1) is 12.0 Å². The molecule has 0 amide bonds. The van der Waals surface area contributed by atoms with Crippen molar-refractivity contribution in [2.45, 2.75) is 13.8 Å². The third-order valence-corrected chi connectivity index (χ3v) is 2.33. The van der Waals surface area contributed by atoms with E-state index in [1.54, 1.807) is 12.3 Å². The van der Waals surface area contributed by atoms with Gasteiger partial charge in [-0.3, -0.25) is 0 Å². The molecular weight excluding hydrogens is 174 g/mol. The van der Waals surface area contributed by atoms with Gasteiger partial charge < -0.3 is 10.2 Å². The van der Waals surface area contributed by atoms with Crippen molar-refractivity contribution < 1.29 is 4.42 Å². The van der Waals surface area contributed by atoms with E-state index in [-0.39, 0.29) is 0 Å². The largest absolute Gasteiger partial charge is 0.462 e. The van der Waals surface area contributed by atoms with Crippen molar-refractivity contribution in [3.8, 4) is 11.3 Å². The van der Waals surface area contributed by atoms with Gasteiger partial charge in [-0.05, 0) is 25.5 Å². The topological polar surface area (TPSA) is 39.2 Å². The molecule has 0 radical (unpaired) electrons. The molecule has 14 heavy (non-hydrogen) atoms. The van der Waals surface area contributed by atoms with E-state index < -0.39 is 0 Å². The van der Waals surface area contributed by atoms with E-state index in [9.17, 15) is 0 Å². The average Bonchev–Trinajstić information content (AvgIpc) is 2.56. The lowest BCUT2D eigenvalue weighted by Gasteiger charge is -2.04. The molecule has 0 fully saturated rings. The zero-order chi connectivity index (χ0) is 10.1. The predicted octanol–water partition coefficient (Wildman–Crippen LogP) is 3.15. The molecule has 0 atom stereocenters. The van der Waals surface area contributed by atoms with Gasteiger partial charge in [0.15, 0.2) is 5.76 Å². The van der Waals surface area contributed by atoms with Crippen LogP contribution in [0.15, 0.2) is 34.9 Å². The fourth-order valence-corrected chi connectivity index (χ4v) is 1.52. The van der Waals surface area contributed by atoms with Gasteiger partial charge in [-0.2, -0.15) is 0 Å². The minimum absolute atomic E-state index is 0.693. The first-order chi connectivity index (χ1) is 6.68. The average molecular weight is 187 g/mol. The van der Waals surface area contributed by atoms with Crippen LogP contribution in [0.2, 0.25) is 0 Å². The van der Waals surface area contributed by atoms with E-state index in [1.165, 1.54) is 11.1 Å². The van der Waals surface area contributed by atoms with E-state index >= 15 is 0 Å². The second kappa shape index (κ2) is 3.22. The van der Waals surface area contributed by atoms with Crippen molar-refractivity contribution in [2.75, 3.05) is 5.73 Å². The minimum atomic E-state index is 0.693. The molecule has 0 aliphatic rings. The number of hydrogen-bond donors (Lipinski definition) is 1. The Morgan fingerprint density at radius 1 is 1.14 bits per heavy atom. The monoisotopic (exact) mass is 187 g/mol. The van der Waals surface area contributed by atoms with Crippen LogP contribution in [-0.2, 0) is 0 Å². The minimum Gasteiger partial charge on any atom is -0.462 e. The first-order valence-electron chi connectivity index (χ1n) is 4.59. The highest BCUT2D eigenvalue weighted by molar-refractivity contribution is 5.73. The Morgan fingerprint density at radius 2 is 1.93 bits per heavy atom. The fraction of sp³-hybridized carbons (Fsp3) is 0.167. The van der Waals surface area contributed by atoms with Crippen LogP contribution in [0.25, 0.3) is 11.3 Å². The molecule has 0 aliphatic heterocycles. The Balaban J connectivity index is 2.62. The Morgan fingerprint density at radius 3 is 2.57 bits per heavy atom. The van der Waals surface area contributed by atoms with E-state index in [0.29, 0.717) is 5.69 Å². The maximum Gasteiger partial charge on any atom is 0.156 e. The summed E-state index contributed by atoms with van der Waals surface area (Å²) >= 11 is 0. The summed E-state index contributed by atoms with van der Waals surface area (Å²) in [6, 6.07) is 8.02. The van der Waals surface area contributed by atoms with E-state index in [0.717, 1.165) is 11.3 Å². The molecule has 0 saturated carbocycles. The van der Waals surface area contributed by atoms with Crippen LogP contribution >= 0.6 is 0 Å². The lowest BCUT2D eigenvalue weighted by atomic mass is 10.0. The van der Waals surface area contributed by atoms with Crippen molar-refractivity contribution >= 4 is 5.69 Å². The molecule has 0 unspecified atom stereocenters. The summed E-state index contributed by atoms with van der Waals surface area (Å²) in [7, 11) is 0. The van der Waals surface area contributed by atoms with Gasteiger partial charge >= 0.3 is 0 Å². The normalized spacial score (nSPS) is 10.4. The highest BCUT2D eigenvalue weighted by Crippen LogP contribution is 2.29. The van der Waals surface area contributed by atoms with Gasteiger partial charge in [0, 0.05) is 11.6 Å². The Hall–Kier alpha value is -1.70. The zero-order valence-corrected chi connectivity index (χ0v) is 8.37. The lowest BCUT2D eigenvalue weighted by molar-refractivity contribution is 0.582. The number of anilines is 1. The van der Waals surface area contributed by atoms with Crippen LogP contribution in [0.4, 0.5) is 5.69 Å². The first-order valence-corrected chi connectivity index (χ1v) is 4.59. The maximum atomic E-state index is 5.80. The Kier molecular flexibility index (Phi) is 2.04. The molecule has 0 spiro atoms. The molecule has 1 aromatic carbocycles. The smallest absolute Gasteiger partial charge is 0.156 e. The summed E-state index contributed by atoms with van der Waals surface area (Å²) in [4.78, 5) is 0. The molecule has 1 aromatic heterocycles. The molecule has 0 saturated heterocycles. The van der Waals surface area contributed by atoms with Crippen LogP contribution in [0, 0.1) is 13.8 Å². The van der Waals surface area contributed by atoms with Crippen molar-refractivity contribution in [1.82, 2.24) is 0 Å². The van der Waals surface area contributed by atoms with Crippen LogP contribution in [0.1, 0.15) is 11.1 Å². The lowest BCUT2D eigenvalue weighted by Crippen LogP contribution is -1.88. The molecule has 2 N–H and O–H groups in total. The third-order valence-electron chi connectivity index (χ3n) is 2.33. The highest BCUT2D eigenvalue weighted by Gasteiger charge is 2.08. The first kappa shape index (κ1) is 8.88. The van der Waals surface area contributed by atoms with Crippen molar-refractivity contribution in [2.24, 2.45) is 0 Å². The molecule has 2 rings (SSSR count). The number of rotatable bonds is 1. The molecule has 2 aromatic rings. The second-order valence-corrected chi connectivity index (χ2v) is 3.52. The molecule has 0 aliphatic carbocycles. The number of nitrogens with two attached hydrogens (primary N) is 1. The third kappa shape index (κ3) is 1.39. The van der Waals surface area contributed by atoms with Gasteiger partial charge in [0.2, 0.25) is 0 Å². The van der Waals surface area contributed by atoms with E-state index in [4.69, 9.17) is 10.2 Å². The molecule has 2 nitrogen and oxygen atoms in total. The second-order valence-electron chi connectivity index (χ2n) is 3.52. The Labute approximate surface area is 83.4 Å². The number of hydrogen-bond acceptors (Lipinski definition) is 2. The summed E-state index contributed by atoms with van der Waals surface area (Å²) in [5.74, 6) is 0.770. The summed E-state index contributed by atoms with van der Waals surface area (Å²) in [6.45, 7) is 4.11. The SMILES string of the molecule is Cc1ccc(C)c(-c2occc2N)c1. The molecule has 2 heteroatoms. The van der Waals surface area contributed by atoms with Gasteiger partial charge in [-0.15, -0.1) is 0 Å². The van der Waals surface area contributed by atoms with Crippen LogP contribution < -0.4 is 5.73 Å². The predicted molar refractivity (Wildman–Crippen MR) is 58.0 cm³/mol. The summed E-state index contributed by atoms with van der Waals surface area (Å²) in [5.41, 5.74) is 9.96. The van der Waals surface area contributed by atoms with Crippen LogP contribution in [0.5, 0.6) is 0 Å². The molecule has 72 valence electrons. The summed E-state index contributed by atoms with van der Waals surface area (Å²) < 4.78 is 5.36. The van der Waals surface area contributed by atoms with Crippen molar-refractivity contribution in [3.63, 3.8) is 0 Å². The highest BCUT2D eigenvalue weighted by atomic mass is 16.3. The molecule has 1 heterocycles. The number of aryl methyl sites for hydroxylation is 2. The van der Waals surface area contributed by atoms with Gasteiger partial charge in [-0.25, -0.2) is 0 Å². The Bertz CT molecular complexity index is 457. The quantitative estimate of drug-likeness (QED) is 0.744. The number of benzene rings is 1. The van der Waals surface area contributed by atoms with Gasteiger partial charge in [0.25, 0.3) is 0 Å². The van der Waals surface area contributed by atoms with Crippen LogP contribution in [-0.4, -0.2) is 0 Å².